The van der Waals surface area contributed by atoms with E-state index in [9.17, 15) is 13.6 Å². The van der Waals surface area contributed by atoms with Gasteiger partial charge in [0.2, 0.25) is 5.91 Å². The standard InChI is InChI=1S/C15H23F2N3O/c1-19(11-13-18-9-10-20(13)15(16)17)14(21)8-7-12-5-3-2-4-6-12/h9-10,12,15H,2-8,11H2,1H3. The second kappa shape index (κ2) is 7.52. The molecule has 0 N–H and O–H groups in total. The van der Waals surface area contributed by atoms with Gasteiger partial charge in [-0.3, -0.25) is 9.36 Å². The lowest BCUT2D eigenvalue weighted by atomic mass is 9.86. The van der Waals surface area contributed by atoms with Gasteiger partial charge >= 0.3 is 6.55 Å². The third-order valence-electron chi connectivity index (χ3n) is 4.25. The molecule has 0 aliphatic heterocycles. The maximum absolute atomic E-state index is 12.7. The third kappa shape index (κ3) is 4.51. The Labute approximate surface area is 124 Å². The van der Waals surface area contributed by atoms with Gasteiger partial charge in [0, 0.05) is 25.9 Å². The summed E-state index contributed by atoms with van der Waals surface area (Å²) in [5.74, 6) is 0.877. The molecule has 21 heavy (non-hydrogen) atoms. The number of halogens is 2. The average Bonchev–Trinajstić information content (AvgIpc) is 2.94. The van der Waals surface area contributed by atoms with Crippen LogP contribution in [0, 0.1) is 5.92 Å². The predicted molar refractivity (Wildman–Crippen MR) is 75.8 cm³/mol. The lowest BCUT2D eigenvalue weighted by Gasteiger charge is -2.23. The first kappa shape index (κ1) is 15.9. The molecule has 0 radical (unpaired) electrons. The first-order valence-electron chi connectivity index (χ1n) is 7.61. The minimum absolute atomic E-state index is 0.00406. The first-order valence-corrected chi connectivity index (χ1v) is 7.61. The SMILES string of the molecule is CN(Cc1nccn1C(F)F)C(=O)CCC1CCCCC1. The summed E-state index contributed by atoms with van der Waals surface area (Å²) in [6, 6.07) is 0. The Bertz CT molecular complexity index is 456. The molecule has 0 saturated heterocycles. The molecule has 0 aromatic carbocycles. The lowest BCUT2D eigenvalue weighted by molar-refractivity contribution is -0.131. The van der Waals surface area contributed by atoms with E-state index in [1.54, 1.807) is 7.05 Å². The summed E-state index contributed by atoms with van der Waals surface area (Å²) in [6.45, 7) is -2.49. The van der Waals surface area contributed by atoms with Gasteiger partial charge in [0.25, 0.3) is 0 Å². The molecule has 1 amide bonds. The van der Waals surface area contributed by atoms with Gasteiger partial charge < -0.3 is 4.90 Å². The molecule has 4 nitrogen and oxygen atoms in total. The summed E-state index contributed by atoms with van der Waals surface area (Å²) in [7, 11) is 1.65. The van der Waals surface area contributed by atoms with E-state index in [1.807, 2.05) is 0 Å². The molecule has 1 aliphatic carbocycles. The summed E-state index contributed by atoms with van der Waals surface area (Å²) < 4.78 is 26.2. The molecule has 1 aliphatic rings. The average molecular weight is 299 g/mol. The Kier molecular flexibility index (Phi) is 5.70. The highest BCUT2D eigenvalue weighted by Crippen LogP contribution is 2.27. The topological polar surface area (TPSA) is 38.1 Å². The van der Waals surface area contributed by atoms with Gasteiger partial charge in [0.15, 0.2) is 0 Å². The fraction of sp³-hybridized carbons (Fsp3) is 0.733. The van der Waals surface area contributed by atoms with Crippen LogP contribution in [0.1, 0.15) is 57.3 Å². The number of rotatable bonds is 6. The smallest absolute Gasteiger partial charge is 0.319 e. The van der Waals surface area contributed by atoms with Crippen molar-refractivity contribution in [2.24, 2.45) is 5.92 Å². The predicted octanol–water partition coefficient (Wildman–Crippen LogP) is 3.60. The Morgan fingerprint density at radius 1 is 1.43 bits per heavy atom. The van der Waals surface area contributed by atoms with Crippen molar-refractivity contribution in [2.75, 3.05) is 7.05 Å². The number of amides is 1. The van der Waals surface area contributed by atoms with Crippen molar-refractivity contribution in [3.63, 3.8) is 0 Å². The van der Waals surface area contributed by atoms with Crippen LogP contribution >= 0.6 is 0 Å². The van der Waals surface area contributed by atoms with Crippen LogP contribution < -0.4 is 0 Å². The number of carbonyl (C=O) groups excluding carboxylic acids is 1. The molecule has 6 heteroatoms. The van der Waals surface area contributed by atoms with Crippen LogP contribution in [0.15, 0.2) is 12.4 Å². The number of imidazole rings is 1. The van der Waals surface area contributed by atoms with Crippen LogP contribution in [0.5, 0.6) is 0 Å². The van der Waals surface area contributed by atoms with Gasteiger partial charge in [0.1, 0.15) is 5.82 Å². The van der Waals surface area contributed by atoms with Gasteiger partial charge in [-0.05, 0) is 12.3 Å². The minimum atomic E-state index is -2.62. The Balaban J connectivity index is 1.80. The van der Waals surface area contributed by atoms with Gasteiger partial charge in [-0.1, -0.05) is 32.1 Å². The van der Waals surface area contributed by atoms with E-state index >= 15 is 0 Å². The number of aromatic nitrogens is 2. The molecule has 0 atom stereocenters. The molecular formula is C15H23F2N3O. The normalized spacial score (nSPS) is 16.4. The van der Waals surface area contributed by atoms with E-state index in [2.05, 4.69) is 4.98 Å². The lowest BCUT2D eigenvalue weighted by Crippen LogP contribution is -2.28. The van der Waals surface area contributed by atoms with E-state index in [0.717, 1.165) is 11.0 Å². The Morgan fingerprint density at radius 2 is 2.14 bits per heavy atom. The van der Waals surface area contributed by atoms with Crippen molar-refractivity contribution in [3.8, 4) is 0 Å². The van der Waals surface area contributed by atoms with E-state index < -0.39 is 6.55 Å². The maximum Gasteiger partial charge on any atom is 0.319 e. The van der Waals surface area contributed by atoms with Crippen LogP contribution in [0.25, 0.3) is 0 Å². The number of alkyl halides is 2. The molecule has 1 saturated carbocycles. The number of carbonyl (C=O) groups is 1. The van der Waals surface area contributed by atoms with Gasteiger partial charge in [0.05, 0.1) is 6.54 Å². The van der Waals surface area contributed by atoms with Crippen LogP contribution in [-0.2, 0) is 11.3 Å². The Morgan fingerprint density at radius 3 is 2.81 bits per heavy atom. The van der Waals surface area contributed by atoms with Crippen molar-refractivity contribution >= 4 is 5.91 Å². The zero-order chi connectivity index (χ0) is 15.2. The number of nitrogens with zero attached hydrogens (tertiary/aromatic N) is 3. The number of hydrogen-bond donors (Lipinski definition) is 0. The minimum Gasteiger partial charge on any atom is -0.338 e. The van der Waals surface area contributed by atoms with Crippen molar-refractivity contribution in [1.29, 1.82) is 0 Å². The molecule has 118 valence electrons. The van der Waals surface area contributed by atoms with Crippen molar-refractivity contribution in [1.82, 2.24) is 14.5 Å². The highest BCUT2D eigenvalue weighted by Gasteiger charge is 2.18. The molecular weight excluding hydrogens is 276 g/mol. The van der Waals surface area contributed by atoms with E-state index in [0.29, 0.717) is 12.3 Å². The monoisotopic (exact) mass is 299 g/mol. The fourth-order valence-corrected chi connectivity index (χ4v) is 2.94. The third-order valence-corrected chi connectivity index (χ3v) is 4.25. The fourth-order valence-electron chi connectivity index (χ4n) is 2.94. The molecule has 0 spiro atoms. The molecule has 0 unspecified atom stereocenters. The van der Waals surface area contributed by atoms with Crippen LogP contribution in [0.4, 0.5) is 8.78 Å². The van der Waals surface area contributed by atoms with Crippen LogP contribution in [-0.4, -0.2) is 27.4 Å². The summed E-state index contributed by atoms with van der Waals surface area (Å²) >= 11 is 0. The van der Waals surface area contributed by atoms with Crippen LogP contribution in [0.3, 0.4) is 0 Å². The zero-order valence-corrected chi connectivity index (χ0v) is 12.5. The number of hydrogen-bond acceptors (Lipinski definition) is 2. The van der Waals surface area contributed by atoms with Crippen molar-refractivity contribution in [2.45, 2.75) is 58.0 Å². The van der Waals surface area contributed by atoms with Crippen molar-refractivity contribution in [3.05, 3.63) is 18.2 Å². The zero-order valence-electron chi connectivity index (χ0n) is 12.5. The summed E-state index contributed by atoms with van der Waals surface area (Å²) in [6.07, 6.45) is 10.2. The first-order chi connectivity index (χ1) is 10.1. The van der Waals surface area contributed by atoms with Crippen molar-refractivity contribution < 1.29 is 13.6 Å². The second-order valence-electron chi connectivity index (χ2n) is 5.82. The highest BCUT2D eigenvalue weighted by atomic mass is 19.3. The van der Waals surface area contributed by atoms with Gasteiger partial charge in [-0.25, -0.2) is 4.98 Å². The second-order valence-corrected chi connectivity index (χ2v) is 5.82. The molecule has 1 fully saturated rings. The summed E-state index contributed by atoms with van der Waals surface area (Å²) in [5, 5.41) is 0. The van der Waals surface area contributed by atoms with Gasteiger partial charge in [-0.15, -0.1) is 0 Å². The molecule has 1 aromatic heterocycles. The highest BCUT2D eigenvalue weighted by molar-refractivity contribution is 5.75. The van der Waals surface area contributed by atoms with E-state index in [1.165, 1.54) is 49.4 Å². The van der Waals surface area contributed by atoms with E-state index in [4.69, 9.17) is 0 Å². The maximum atomic E-state index is 12.7. The van der Waals surface area contributed by atoms with E-state index in [-0.39, 0.29) is 18.3 Å². The molecule has 1 heterocycles. The molecule has 2 rings (SSSR count). The Hall–Kier alpha value is -1.46. The van der Waals surface area contributed by atoms with Crippen LogP contribution in [0.2, 0.25) is 0 Å². The summed E-state index contributed by atoms with van der Waals surface area (Å²) in [5.41, 5.74) is 0. The molecule has 0 bridgehead atoms. The molecule has 1 aromatic rings. The quantitative estimate of drug-likeness (QED) is 0.805. The summed E-state index contributed by atoms with van der Waals surface area (Å²) in [4.78, 5) is 17.5. The van der Waals surface area contributed by atoms with Gasteiger partial charge in [-0.2, -0.15) is 8.78 Å². The largest absolute Gasteiger partial charge is 0.338 e.